The van der Waals surface area contributed by atoms with E-state index in [1.807, 2.05) is 41.8 Å². The predicted octanol–water partition coefficient (Wildman–Crippen LogP) is 4.17. The molecule has 0 N–H and O–H groups in total. The summed E-state index contributed by atoms with van der Waals surface area (Å²) >= 11 is 4.79. The molecular weight excluding hydrogens is 352 g/mol. The Balaban J connectivity index is 2.11. The van der Waals surface area contributed by atoms with Gasteiger partial charge in [-0.1, -0.05) is 46.3 Å². The van der Waals surface area contributed by atoms with Crippen molar-refractivity contribution >= 4 is 38.2 Å². The highest BCUT2D eigenvalue weighted by Gasteiger charge is 2.19. The highest BCUT2D eigenvalue weighted by atomic mass is 79.9. The van der Waals surface area contributed by atoms with Gasteiger partial charge in [0.1, 0.15) is 4.88 Å². The van der Waals surface area contributed by atoms with Gasteiger partial charge < -0.3 is 4.74 Å². The van der Waals surface area contributed by atoms with Crippen LogP contribution in [0.25, 0.3) is 16.2 Å². The van der Waals surface area contributed by atoms with E-state index in [0.717, 1.165) is 32.8 Å². The highest BCUT2D eigenvalue weighted by molar-refractivity contribution is 9.10. The minimum atomic E-state index is -0.299. The second-order valence-corrected chi connectivity index (χ2v) is 6.40. The summed E-state index contributed by atoms with van der Waals surface area (Å²) in [5.74, 6) is -0.299. The molecule has 0 aliphatic rings. The van der Waals surface area contributed by atoms with Crippen molar-refractivity contribution in [1.82, 2.24) is 9.38 Å². The van der Waals surface area contributed by atoms with E-state index >= 15 is 0 Å². The van der Waals surface area contributed by atoms with Crippen LogP contribution in [0.2, 0.25) is 0 Å². The molecule has 21 heavy (non-hydrogen) atoms. The third-order valence-corrected chi connectivity index (χ3v) is 4.87. The number of thiazole rings is 1. The zero-order valence-electron chi connectivity index (χ0n) is 11.6. The van der Waals surface area contributed by atoms with Gasteiger partial charge >= 0.3 is 5.97 Å². The third-order valence-electron chi connectivity index (χ3n) is 3.27. The van der Waals surface area contributed by atoms with Gasteiger partial charge in [-0.15, -0.1) is 0 Å². The number of nitrogens with zero attached hydrogens (tertiary/aromatic N) is 2. The Morgan fingerprint density at radius 1 is 1.38 bits per heavy atom. The Labute approximate surface area is 134 Å². The van der Waals surface area contributed by atoms with E-state index in [1.165, 1.54) is 18.4 Å². The van der Waals surface area contributed by atoms with E-state index in [-0.39, 0.29) is 5.97 Å². The Morgan fingerprint density at radius 2 is 2.10 bits per heavy atom. The number of esters is 1. The summed E-state index contributed by atoms with van der Waals surface area (Å²) in [6.07, 6.45) is 2.72. The summed E-state index contributed by atoms with van der Waals surface area (Å²) in [6.45, 7) is 2.02. The zero-order chi connectivity index (χ0) is 15.0. The first-order chi connectivity index (χ1) is 10.1. The molecule has 3 rings (SSSR count). The van der Waals surface area contributed by atoms with Crippen molar-refractivity contribution in [3.05, 3.63) is 45.5 Å². The Morgan fingerprint density at radius 3 is 2.71 bits per heavy atom. The van der Waals surface area contributed by atoms with E-state index in [9.17, 15) is 4.79 Å². The fourth-order valence-electron chi connectivity index (χ4n) is 2.23. The molecule has 0 unspecified atom stereocenters. The SMILES string of the molecule is CCc1c(C(=O)OC)sc2nc(-c3ccc(Br)cc3)cn12. The van der Waals surface area contributed by atoms with Gasteiger partial charge in [0.25, 0.3) is 0 Å². The molecule has 2 aromatic heterocycles. The summed E-state index contributed by atoms with van der Waals surface area (Å²) in [7, 11) is 1.40. The number of hydrogen-bond donors (Lipinski definition) is 0. The molecule has 0 amide bonds. The third kappa shape index (κ3) is 2.49. The number of aromatic nitrogens is 2. The number of ether oxygens (including phenoxy) is 1. The van der Waals surface area contributed by atoms with Crippen LogP contribution in [0, 0.1) is 0 Å². The van der Waals surface area contributed by atoms with Crippen LogP contribution in [0.5, 0.6) is 0 Å². The summed E-state index contributed by atoms with van der Waals surface area (Å²) in [5.41, 5.74) is 2.90. The van der Waals surface area contributed by atoms with E-state index in [1.54, 1.807) is 0 Å². The molecule has 0 aliphatic carbocycles. The first kappa shape index (κ1) is 14.3. The van der Waals surface area contributed by atoms with E-state index < -0.39 is 0 Å². The molecule has 2 heterocycles. The monoisotopic (exact) mass is 364 g/mol. The van der Waals surface area contributed by atoms with E-state index in [0.29, 0.717) is 4.88 Å². The Bertz CT molecular complexity index is 805. The van der Waals surface area contributed by atoms with Gasteiger partial charge in [0.05, 0.1) is 12.8 Å². The summed E-state index contributed by atoms with van der Waals surface area (Å²) in [5, 5.41) is 0. The van der Waals surface area contributed by atoms with Crippen LogP contribution >= 0.6 is 27.3 Å². The molecule has 0 saturated heterocycles. The lowest BCUT2D eigenvalue weighted by Crippen LogP contribution is -2.03. The summed E-state index contributed by atoms with van der Waals surface area (Å²) < 4.78 is 7.85. The first-order valence-electron chi connectivity index (χ1n) is 6.49. The smallest absolute Gasteiger partial charge is 0.349 e. The van der Waals surface area contributed by atoms with Crippen LogP contribution in [0.3, 0.4) is 0 Å². The average Bonchev–Trinajstić information content (AvgIpc) is 3.04. The van der Waals surface area contributed by atoms with Crippen molar-refractivity contribution in [2.75, 3.05) is 7.11 Å². The molecule has 0 fully saturated rings. The van der Waals surface area contributed by atoms with Gasteiger partial charge in [-0.3, -0.25) is 4.40 Å². The molecule has 0 aliphatic heterocycles. The van der Waals surface area contributed by atoms with Crippen molar-refractivity contribution in [1.29, 1.82) is 0 Å². The molecular formula is C15H13BrN2O2S. The van der Waals surface area contributed by atoms with Crippen LogP contribution < -0.4 is 0 Å². The number of benzene rings is 1. The lowest BCUT2D eigenvalue weighted by molar-refractivity contribution is 0.0604. The van der Waals surface area contributed by atoms with E-state index in [4.69, 9.17) is 4.74 Å². The van der Waals surface area contributed by atoms with Crippen LogP contribution in [0.1, 0.15) is 22.3 Å². The van der Waals surface area contributed by atoms with Crippen LogP contribution in [-0.4, -0.2) is 22.5 Å². The number of imidazole rings is 1. The first-order valence-corrected chi connectivity index (χ1v) is 8.10. The Kier molecular flexibility index (Phi) is 3.82. The van der Waals surface area contributed by atoms with Crippen LogP contribution in [0.15, 0.2) is 34.9 Å². The van der Waals surface area contributed by atoms with Crippen LogP contribution in [0.4, 0.5) is 0 Å². The summed E-state index contributed by atoms with van der Waals surface area (Å²) in [4.78, 5) is 17.9. The maximum absolute atomic E-state index is 11.8. The van der Waals surface area contributed by atoms with E-state index in [2.05, 4.69) is 20.9 Å². The van der Waals surface area contributed by atoms with Gasteiger partial charge in [0.2, 0.25) is 0 Å². The van der Waals surface area contributed by atoms with Crippen molar-refractivity contribution in [2.45, 2.75) is 13.3 Å². The minimum Gasteiger partial charge on any atom is -0.465 e. The zero-order valence-corrected chi connectivity index (χ0v) is 14.0. The number of aryl methyl sites for hydroxylation is 1. The highest BCUT2D eigenvalue weighted by Crippen LogP contribution is 2.28. The van der Waals surface area contributed by atoms with Crippen molar-refractivity contribution in [2.24, 2.45) is 0 Å². The number of carbonyl (C=O) groups excluding carboxylic acids is 1. The van der Waals surface area contributed by atoms with Gasteiger partial charge in [0.15, 0.2) is 4.96 Å². The summed E-state index contributed by atoms with van der Waals surface area (Å²) in [6, 6.07) is 8.01. The van der Waals surface area contributed by atoms with Crippen molar-refractivity contribution in [3.63, 3.8) is 0 Å². The molecule has 108 valence electrons. The lowest BCUT2D eigenvalue weighted by atomic mass is 10.2. The maximum Gasteiger partial charge on any atom is 0.349 e. The molecule has 0 atom stereocenters. The molecule has 0 spiro atoms. The molecule has 0 saturated carbocycles. The number of halogens is 1. The van der Waals surface area contributed by atoms with Gasteiger partial charge in [0, 0.05) is 21.9 Å². The van der Waals surface area contributed by atoms with Crippen molar-refractivity contribution in [3.8, 4) is 11.3 Å². The molecule has 6 heteroatoms. The second kappa shape index (κ2) is 5.61. The molecule has 4 nitrogen and oxygen atoms in total. The number of fused-ring (bicyclic) bond motifs is 1. The predicted molar refractivity (Wildman–Crippen MR) is 86.9 cm³/mol. The van der Waals surface area contributed by atoms with Gasteiger partial charge in [-0.2, -0.15) is 0 Å². The molecule has 0 bridgehead atoms. The quantitative estimate of drug-likeness (QED) is 0.655. The van der Waals surface area contributed by atoms with Gasteiger partial charge in [-0.25, -0.2) is 9.78 Å². The van der Waals surface area contributed by atoms with Crippen molar-refractivity contribution < 1.29 is 9.53 Å². The Hall–Kier alpha value is -1.66. The number of hydrogen-bond acceptors (Lipinski definition) is 4. The molecule has 0 radical (unpaired) electrons. The lowest BCUT2D eigenvalue weighted by Gasteiger charge is -2.00. The topological polar surface area (TPSA) is 43.6 Å². The minimum absolute atomic E-state index is 0.299. The number of methoxy groups -OCH3 is 1. The largest absolute Gasteiger partial charge is 0.465 e. The molecule has 3 aromatic rings. The maximum atomic E-state index is 11.8. The number of carbonyl (C=O) groups is 1. The van der Waals surface area contributed by atoms with Gasteiger partial charge in [-0.05, 0) is 18.6 Å². The normalized spacial score (nSPS) is 11.0. The second-order valence-electron chi connectivity index (χ2n) is 4.51. The van der Waals surface area contributed by atoms with Crippen LogP contribution in [-0.2, 0) is 11.2 Å². The molecule has 1 aromatic carbocycles. The number of rotatable bonds is 3. The fraction of sp³-hybridized carbons (Fsp3) is 0.200. The standard InChI is InChI=1S/C15H13BrN2O2S/c1-3-12-13(14(19)20-2)21-15-17-11(8-18(12)15)9-4-6-10(16)7-5-9/h4-8H,3H2,1-2H3. The fourth-order valence-corrected chi connectivity index (χ4v) is 3.61. The average molecular weight is 365 g/mol.